The molecular weight excluding hydrogens is 388 g/mol. The molecule has 2 N–H and O–H groups in total. The number of nitrogens with zero attached hydrogens (tertiary/aromatic N) is 2. The molecule has 0 saturated carbocycles. The minimum absolute atomic E-state index is 0.0746. The van der Waals surface area contributed by atoms with Crippen LogP contribution in [0.5, 0.6) is 11.5 Å². The number of hydrogen-bond acceptors (Lipinski definition) is 6. The third-order valence-corrected chi connectivity index (χ3v) is 4.77. The van der Waals surface area contributed by atoms with Crippen LogP contribution in [-0.4, -0.2) is 54.5 Å². The molecule has 1 aliphatic heterocycles. The van der Waals surface area contributed by atoms with Gasteiger partial charge in [-0.05, 0) is 41.8 Å². The molecular formula is C21H24N4O5. The lowest BCUT2D eigenvalue weighted by Gasteiger charge is -2.15. The Kier molecular flexibility index (Phi) is 6.84. The van der Waals surface area contributed by atoms with E-state index < -0.39 is 18.0 Å². The predicted molar refractivity (Wildman–Crippen MR) is 108 cm³/mol. The Morgan fingerprint density at radius 3 is 2.53 bits per heavy atom. The lowest BCUT2D eigenvalue weighted by molar-refractivity contribution is -0.131. The molecule has 2 heterocycles. The van der Waals surface area contributed by atoms with E-state index in [1.165, 1.54) is 14.2 Å². The van der Waals surface area contributed by atoms with Crippen LogP contribution in [0.25, 0.3) is 0 Å². The highest BCUT2D eigenvalue weighted by molar-refractivity contribution is 6.05. The number of pyridine rings is 1. The Morgan fingerprint density at radius 1 is 1.10 bits per heavy atom. The summed E-state index contributed by atoms with van der Waals surface area (Å²) in [5.41, 5.74) is 1.76. The smallest absolute Gasteiger partial charge is 0.325 e. The number of aromatic nitrogens is 1. The molecule has 1 atom stereocenters. The van der Waals surface area contributed by atoms with Gasteiger partial charge in [-0.1, -0.05) is 6.07 Å². The highest BCUT2D eigenvalue weighted by atomic mass is 16.5. The summed E-state index contributed by atoms with van der Waals surface area (Å²) in [6, 6.07) is 7.51. The number of imide groups is 1. The monoisotopic (exact) mass is 412 g/mol. The molecule has 0 unspecified atom stereocenters. The number of urea groups is 1. The topological polar surface area (TPSA) is 110 Å². The van der Waals surface area contributed by atoms with Crippen molar-refractivity contribution in [3.63, 3.8) is 0 Å². The predicted octanol–water partition coefficient (Wildman–Crippen LogP) is 1.27. The first-order valence-corrected chi connectivity index (χ1v) is 9.50. The Labute approximate surface area is 174 Å². The normalized spacial score (nSPS) is 15.7. The third-order valence-electron chi connectivity index (χ3n) is 4.77. The highest BCUT2D eigenvalue weighted by Crippen LogP contribution is 2.28. The van der Waals surface area contributed by atoms with Crippen LogP contribution in [-0.2, 0) is 22.6 Å². The Hall–Kier alpha value is -3.62. The summed E-state index contributed by atoms with van der Waals surface area (Å²) in [7, 11) is 3.04. The molecule has 0 spiro atoms. The minimum atomic E-state index is -0.876. The number of nitrogens with one attached hydrogen (secondary N) is 2. The van der Waals surface area contributed by atoms with Gasteiger partial charge in [0.05, 0.1) is 27.2 Å². The van der Waals surface area contributed by atoms with E-state index in [2.05, 4.69) is 15.6 Å². The van der Waals surface area contributed by atoms with Crippen LogP contribution in [0.4, 0.5) is 4.79 Å². The largest absolute Gasteiger partial charge is 0.493 e. The van der Waals surface area contributed by atoms with Gasteiger partial charge in [0, 0.05) is 18.9 Å². The molecule has 1 aromatic carbocycles. The second-order valence-corrected chi connectivity index (χ2v) is 6.78. The molecule has 2 aromatic rings. The summed E-state index contributed by atoms with van der Waals surface area (Å²) >= 11 is 0. The van der Waals surface area contributed by atoms with Crippen molar-refractivity contribution < 1.29 is 23.9 Å². The first kappa shape index (κ1) is 21.1. The summed E-state index contributed by atoms with van der Waals surface area (Å²) in [4.78, 5) is 42.1. The van der Waals surface area contributed by atoms with E-state index in [-0.39, 0.29) is 18.9 Å². The van der Waals surface area contributed by atoms with E-state index in [1.54, 1.807) is 30.6 Å². The molecule has 9 heteroatoms. The molecule has 3 rings (SSSR count). The number of benzene rings is 1. The lowest BCUT2D eigenvalue weighted by Crippen LogP contribution is -2.37. The van der Waals surface area contributed by atoms with Crippen LogP contribution in [0, 0.1) is 0 Å². The second-order valence-electron chi connectivity index (χ2n) is 6.78. The van der Waals surface area contributed by atoms with Crippen LogP contribution >= 0.6 is 0 Å². The van der Waals surface area contributed by atoms with Gasteiger partial charge < -0.3 is 20.1 Å². The summed E-state index contributed by atoms with van der Waals surface area (Å²) < 4.78 is 10.4. The second kappa shape index (κ2) is 9.73. The van der Waals surface area contributed by atoms with Gasteiger partial charge in [0.2, 0.25) is 5.91 Å². The zero-order chi connectivity index (χ0) is 21.5. The standard InChI is InChI=1S/C21H24N4O5/c1-29-17-4-3-15(11-18(17)30-2)13-25-20(27)16(24-21(25)28)12-19(26)23-10-7-14-5-8-22-9-6-14/h3-6,8-9,11,16H,7,10,12-13H2,1-2H3,(H,23,26)(H,24,28)/t16-/m1/s1. The summed E-state index contributed by atoms with van der Waals surface area (Å²) in [6.07, 6.45) is 3.93. The first-order valence-electron chi connectivity index (χ1n) is 9.50. The van der Waals surface area contributed by atoms with Crippen molar-refractivity contribution in [2.45, 2.75) is 25.4 Å². The number of hydrogen-bond donors (Lipinski definition) is 2. The Bertz CT molecular complexity index is 919. The Balaban J connectivity index is 1.53. The fourth-order valence-electron chi connectivity index (χ4n) is 3.18. The maximum atomic E-state index is 12.6. The number of carbonyl (C=O) groups is 3. The van der Waals surface area contributed by atoms with Crippen LogP contribution < -0.4 is 20.1 Å². The van der Waals surface area contributed by atoms with Crippen molar-refractivity contribution in [3.8, 4) is 11.5 Å². The van der Waals surface area contributed by atoms with E-state index in [0.717, 1.165) is 10.5 Å². The van der Waals surface area contributed by atoms with Gasteiger partial charge in [-0.2, -0.15) is 0 Å². The number of rotatable bonds is 9. The summed E-state index contributed by atoms with van der Waals surface area (Å²) in [6.45, 7) is 0.512. The fraction of sp³-hybridized carbons (Fsp3) is 0.333. The van der Waals surface area contributed by atoms with E-state index >= 15 is 0 Å². The van der Waals surface area contributed by atoms with Crippen molar-refractivity contribution in [3.05, 3.63) is 53.9 Å². The van der Waals surface area contributed by atoms with E-state index in [9.17, 15) is 14.4 Å². The van der Waals surface area contributed by atoms with E-state index in [0.29, 0.717) is 30.0 Å². The zero-order valence-electron chi connectivity index (χ0n) is 16.9. The molecule has 30 heavy (non-hydrogen) atoms. The van der Waals surface area contributed by atoms with Gasteiger partial charge in [0.1, 0.15) is 6.04 Å². The van der Waals surface area contributed by atoms with Crippen LogP contribution in [0.3, 0.4) is 0 Å². The molecule has 9 nitrogen and oxygen atoms in total. The van der Waals surface area contributed by atoms with E-state index in [4.69, 9.17) is 9.47 Å². The van der Waals surface area contributed by atoms with Gasteiger partial charge in [-0.25, -0.2) is 4.79 Å². The van der Waals surface area contributed by atoms with E-state index in [1.807, 2.05) is 12.1 Å². The van der Waals surface area contributed by atoms with Crippen molar-refractivity contribution in [2.75, 3.05) is 20.8 Å². The molecule has 0 radical (unpaired) electrons. The van der Waals surface area contributed by atoms with Crippen molar-refractivity contribution in [1.29, 1.82) is 0 Å². The third kappa shape index (κ3) is 5.05. The minimum Gasteiger partial charge on any atom is -0.493 e. The maximum Gasteiger partial charge on any atom is 0.325 e. The van der Waals surface area contributed by atoms with Gasteiger partial charge >= 0.3 is 6.03 Å². The highest BCUT2D eigenvalue weighted by Gasteiger charge is 2.39. The molecule has 1 aliphatic rings. The first-order chi connectivity index (χ1) is 14.5. The SMILES string of the molecule is COc1ccc(CN2C(=O)N[C@H](CC(=O)NCCc3ccncc3)C2=O)cc1OC. The molecule has 4 amide bonds. The molecule has 0 bridgehead atoms. The molecule has 158 valence electrons. The average Bonchev–Trinajstić information content (AvgIpc) is 3.01. The maximum absolute atomic E-state index is 12.6. The van der Waals surface area contributed by atoms with Crippen molar-refractivity contribution >= 4 is 17.8 Å². The summed E-state index contributed by atoms with van der Waals surface area (Å²) in [5, 5.41) is 5.35. The van der Waals surface area contributed by atoms with Gasteiger partial charge in [-0.3, -0.25) is 19.5 Å². The number of carbonyl (C=O) groups excluding carboxylic acids is 3. The average molecular weight is 412 g/mol. The van der Waals surface area contributed by atoms with Crippen LogP contribution in [0.15, 0.2) is 42.7 Å². The van der Waals surface area contributed by atoms with Crippen molar-refractivity contribution in [2.24, 2.45) is 0 Å². The molecule has 1 saturated heterocycles. The summed E-state index contributed by atoms with van der Waals surface area (Å²) in [5.74, 6) is 0.335. The molecule has 1 aromatic heterocycles. The van der Waals surface area contributed by atoms with Gasteiger partial charge in [-0.15, -0.1) is 0 Å². The number of ether oxygens (including phenoxy) is 2. The zero-order valence-corrected chi connectivity index (χ0v) is 16.9. The Morgan fingerprint density at radius 2 is 1.83 bits per heavy atom. The van der Waals surface area contributed by atoms with Crippen LogP contribution in [0.1, 0.15) is 17.5 Å². The van der Waals surface area contributed by atoms with Gasteiger partial charge in [0.15, 0.2) is 11.5 Å². The lowest BCUT2D eigenvalue weighted by atomic mass is 10.1. The molecule has 0 aliphatic carbocycles. The van der Waals surface area contributed by atoms with Crippen molar-refractivity contribution in [1.82, 2.24) is 20.5 Å². The van der Waals surface area contributed by atoms with Crippen LogP contribution in [0.2, 0.25) is 0 Å². The van der Waals surface area contributed by atoms with Gasteiger partial charge in [0.25, 0.3) is 5.91 Å². The molecule has 1 fully saturated rings. The quantitative estimate of drug-likeness (QED) is 0.600. The number of methoxy groups -OCH3 is 2. The number of amides is 4. The fourth-order valence-corrected chi connectivity index (χ4v) is 3.18.